The zero-order chi connectivity index (χ0) is 17.6. The predicted molar refractivity (Wildman–Crippen MR) is 93.8 cm³/mol. The summed E-state index contributed by atoms with van der Waals surface area (Å²) >= 11 is 0. The van der Waals surface area contributed by atoms with Crippen LogP contribution in [-0.4, -0.2) is 33.8 Å². The highest BCUT2D eigenvalue weighted by atomic mass is 16.2. The number of carbonyl (C=O) groups excluding carboxylic acids is 2. The number of nitrogens with one attached hydrogen (secondary N) is 3. The molecule has 0 aliphatic carbocycles. The molecule has 126 valence electrons. The maximum Gasteiger partial charge on any atom is 0.318 e. The first-order chi connectivity index (χ1) is 12.2. The van der Waals surface area contributed by atoms with Crippen molar-refractivity contribution in [1.82, 2.24) is 20.1 Å². The van der Waals surface area contributed by atoms with E-state index >= 15 is 0 Å². The largest absolute Gasteiger partial charge is 0.341 e. The maximum atomic E-state index is 12.4. The number of urea groups is 1. The van der Waals surface area contributed by atoms with Gasteiger partial charge in [0, 0.05) is 24.0 Å². The van der Waals surface area contributed by atoms with Gasteiger partial charge in [-0.3, -0.25) is 4.79 Å². The lowest BCUT2D eigenvalue weighted by molar-refractivity contribution is 0.102. The second-order valence-electron chi connectivity index (χ2n) is 5.13. The zero-order valence-corrected chi connectivity index (χ0v) is 13.4. The molecule has 0 aliphatic rings. The van der Waals surface area contributed by atoms with Gasteiger partial charge in [-0.25, -0.2) is 14.5 Å². The topological polar surface area (TPSA) is 101 Å². The number of hydrogen-bond acceptors (Lipinski definition) is 4. The number of rotatable bonds is 4. The lowest BCUT2D eigenvalue weighted by atomic mass is 10.2. The monoisotopic (exact) mass is 336 g/mol. The third-order valence-corrected chi connectivity index (χ3v) is 3.42. The van der Waals surface area contributed by atoms with Crippen LogP contribution in [0.1, 0.15) is 10.4 Å². The summed E-state index contributed by atoms with van der Waals surface area (Å²) in [7, 11) is 1.53. The normalized spacial score (nSPS) is 10.1. The van der Waals surface area contributed by atoms with Gasteiger partial charge < -0.3 is 16.0 Å². The Bertz CT molecular complexity index is 874. The van der Waals surface area contributed by atoms with E-state index in [0.29, 0.717) is 16.9 Å². The first kappa shape index (κ1) is 16.2. The van der Waals surface area contributed by atoms with Crippen molar-refractivity contribution in [2.45, 2.75) is 0 Å². The summed E-state index contributed by atoms with van der Waals surface area (Å²) in [6.07, 6.45) is 3.03. The van der Waals surface area contributed by atoms with Crippen molar-refractivity contribution in [2.75, 3.05) is 17.7 Å². The number of anilines is 2. The fourth-order valence-electron chi connectivity index (χ4n) is 2.18. The molecule has 3 N–H and O–H groups in total. The Kier molecular flexibility index (Phi) is 4.70. The molecule has 0 saturated carbocycles. The van der Waals surface area contributed by atoms with Crippen molar-refractivity contribution < 1.29 is 9.59 Å². The average molecular weight is 336 g/mol. The van der Waals surface area contributed by atoms with Crippen molar-refractivity contribution in [3.05, 3.63) is 66.7 Å². The minimum absolute atomic E-state index is 0.248. The van der Waals surface area contributed by atoms with Crippen LogP contribution in [0.4, 0.5) is 16.2 Å². The summed E-state index contributed by atoms with van der Waals surface area (Å²) in [5, 5.41) is 12.0. The predicted octanol–water partition coefficient (Wildman–Crippen LogP) is 2.27. The Morgan fingerprint density at radius 3 is 2.36 bits per heavy atom. The van der Waals surface area contributed by atoms with Crippen molar-refractivity contribution in [1.29, 1.82) is 0 Å². The third-order valence-electron chi connectivity index (χ3n) is 3.42. The number of aromatic nitrogens is 3. The molecule has 0 atom stereocenters. The molecule has 8 heteroatoms. The van der Waals surface area contributed by atoms with Crippen molar-refractivity contribution in [3.8, 4) is 5.69 Å². The van der Waals surface area contributed by atoms with Gasteiger partial charge in [-0.05, 0) is 42.5 Å². The highest BCUT2D eigenvalue weighted by Crippen LogP contribution is 2.16. The summed E-state index contributed by atoms with van der Waals surface area (Å²) in [4.78, 5) is 27.6. The smallest absolute Gasteiger partial charge is 0.318 e. The van der Waals surface area contributed by atoms with Gasteiger partial charge in [0.2, 0.25) is 0 Å². The van der Waals surface area contributed by atoms with E-state index in [4.69, 9.17) is 0 Å². The molecule has 0 saturated heterocycles. The first-order valence-corrected chi connectivity index (χ1v) is 7.51. The number of nitrogens with zero attached hydrogens (tertiary/aromatic N) is 3. The molecule has 0 unspecified atom stereocenters. The summed E-state index contributed by atoms with van der Waals surface area (Å²) in [5.74, 6) is -0.248. The Hall–Kier alpha value is -3.68. The van der Waals surface area contributed by atoms with Crippen molar-refractivity contribution in [2.24, 2.45) is 0 Å². The summed E-state index contributed by atoms with van der Waals surface area (Å²) in [6.45, 7) is 0. The van der Waals surface area contributed by atoms with E-state index in [0.717, 1.165) is 5.69 Å². The van der Waals surface area contributed by atoms with Crippen molar-refractivity contribution in [3.63, 3.8) is 0 Å². The number of carbonyl (C=O) groups is 2. The molecule has 3 rings (SSSR count). The van der Waals surface area contributed by atoms with Crippen LogP contribution in [0, 0.1) is 0 Å². The lowest BCUT2D eigenvalue weighted by Gasteiger charge is -2.09. The van der Waals surface area contributed by atoms with E-state index in [1.807, 2.05) is 0 Å². The minimum atomic E-state index is -0.327. The molecule has 0 fully saturated rings. The van der Waals surface area contributed by atoms with Crippen LogP contribution in [0.2, 0.25) is 0 Å². The number of amides is 3. The van der Waals surface area contributed by atoms with Gasteiger partial charge >= 0.3 is 6.03 Å². The van der Waals surface area contributed by atoms with E-state index in [1.165, 1.54) is 13.4 Å². The van der Waals surface area contributed by atoms with Gasteiger partial charge in [0.1, 0.15) is 12.7 Å². The average Bonchev–Trinajstić information content (AvgIpc) is 3.16. The molecule has 2 aromatic carbocycles. The van der Waals surface area contributed by atoms with Crippen LogP contribution < -0.4 is 16.0 Å². The molecule has 8 nitrogen and oxygen atoms in total. The van der Waals surface area contributed by atoms with E-state index in [-0.39, 0.29) is 11.9 Å². The standard InChI is InChI=1S/C17H16N6O2/c1-18-17(25)22-14-4-2-3-13(9-14)21-16(24)12-5-7-15(8-6-12)23-11-19-10-20-23/h2-11H,1H3,(H,21,24)(H2,18,22,25). The van der Waals surface area contributed by atoms with Crippen LogP contribution in [0.15, 0.2) is 61.2 Å². The molecule has 1 aromatic heterocycles. The Balaban J connectivity index is 1.70. The SMILES string of the molecule is CNC(=O)Nc1cccc(NC(=O)c2ccc(-n3cncn3)cc2)c1. The second kappa shape index (κ2) is 7.26. The molecule has 1 heterocycles. The second-order valence-corrected chi connectivity index (χ2v) is 5.13. The molecular formula is C17H16N6O2. The Morgan fingerprint density at radius 2 is 1.72 bits per heavy atom. The number of benzene rings is 2. The summed E-state index contributed by atoms with van der Waals surface area (Å²) in [5.41, 5.74) is 2.48. The highest BCUT2D eigenvalue weighted by Gasteiger charge is 2.08. The molecule has 0 bridgehead atoms. The zero-order valence-electron chi connectivity index (χ0n) is 13.4. The van der Waals surface area contributed by atoms with Crippen LogP contribution in [0.3, 0.4) is 0 Å². The van der Waals surface area contributed by atoms with Gasteiger partial charge in [-0.2, -0.15) is 5.10 Å². The van der Waals surface area contributed by atoms with Crippen LogP contribution >= 0.6 is 0 Å². The lowest BCUT2D eigenvalue weighted by Crippen LogP contribution is -2.24. The first-order valence-electron chi connectivity index (χ1n) is 7.51. The van der Waals surface area contributed by atoms with Gasteiger partial charge in [0.15, 0.2) is 0 Å². The summed E-state index contributed by atoms with van der Waals surface area (Å²) in [6, 6.07) is 13.6. The molecular weight excluding hydrogens is 320 g/mol. The summed E-state index contributed by atoms with van der Waals surface area (Å²) < 4.78 is 1.61. The minimum Gasteiger partial charge on any atom is -0.341 e. The molecule has 3 aromatic rings. The van der Waals surface area contributed by atoms with Crippen LogP contribution in [-0.2, 0) is 0 Å². The fraction of sp³-hybridized carbons (Fsp3) is 0.0588. The van der Waals surface area contributed by atoms with Gasteiger partial charge in [-0.1, -0.05) is 6.07 Å². The Morgan fingerprint density at radius 1 is 1.00 bits per heavy atom. The molecule has 0 radical (unpaired) electrons. The fourth-order valence-corrected chi connectivity index (χ4v) is 2.18. The van der Waals surface area contributed by atoms with Gasteiger partial charge in [0.05, 0.1) is 5.69 Å². The van der Waals surface area contributed by atoms with Gasteiger partial charge in [0.25, 0.3) is 5.91 Å². The van der Waals surface area contributed by atoms with E-state index < -0.39 is 0 Å². The van der Waals surface area contributed by atoms with Gasteiger partial charge in [-0.15, -0.1) is 0 Å². The molecule has 0 spiro atoms. The maximum absolute atomic E-state index is 12.4. The van der Waals surface area contributed by atoms with Crippen LogP contribution in [0.25, 0.3) is 5.69 Å². The quantitative estimate of drug-likeness (QED) is 0.680. The van der Waals surface area contributed by atoms with E-state index in [1.54, 1.807) is 59.5 Å². The third kappa shape index (κ3) is 3.99. The van der Waals surface area contributed by atoms with E-state index in [9.17, 15) is 9.59 Å². The Labute approximate surface area is 143 Å². The number of hydrogen-bond donors (Lipinski definition) is 3. The molecule has 25 heavy (non-hydrogen) atoms. The van der Waals surface area contributed by atoms with Crippen LogP contribution in [0.5, 0.6) is 0 Å². The molecule has 0 aliphatic heterocycles. The van der Waals surface area contributed by atoms with E-state index in [2.05, 4.69) is 26.0 Å². The highest BCUT2D eigenvalue weighted by molar-refractivity contribution is 6.04. The van der Waals surface area contributed by atoms with Crippen molar-refractivity contribution >= 4 is 23.3 Å². The molecule has 3 amide bonds.